The Kier molecular flexibility index (Phi) is 3.91. The van der Waals surface area contributed by atoms with E-state index in [0.717, 1.165) is 5.56 Å². The number of carbonyl (C=O) groups is 2. The predicted molar refractivity (Wildman–Crippen MR) is 91.4 cm³/mol. The molecule has 4 atom stereocenters. The van der Waals surface area contributed by atoms with Gasteiger partial charge in [0.25, 0.3) is 0 Å². The topological polar surface area (TPSA) is 55.8 Å². The van der Waals surface area contributed by atoms with Crippen LogP contribution in [0.2, 0.25) is 0 Å². The highest BCUT2D eigenvalue weighted by molar-refractivity contribution is 5.91. The molecular weight excluding hydrogens is 318 g/mol. The molecule has 0 aromatic heterocycles. The van der Waals surface area contributed by atoms with E-state index in [2.05, 4.69) is 13.8 Å². The molecular formula is C20H23NO4. The first-order chi connectivity index (χ1) is 12.0. The Bertz CT molecular complexity index is 714. The molecule has 3 aliphatic heterocycles. The van der Waals surface area contributed by atoms with E-state index >= 15 is 0 Å². The molecule has 0 radical (unpaired) electrons. The van der Waals surface area contributed by atoms with E-state index in [4.69, 9.17) is 9.47 Å². The second-order valence-corrected chi connectivity index (χ2v) is 7.61. The minimum absolute atomic E-state index is 0.0159. The zero-order valence-corrected chi connectivity index (χ0v) is 14.6. The molecule has 4 rings (SSSR count). The molecule has 25 heavy (non-hydrogen) atoms. The molecule has 0 unspecified atom stereocenters. The van der Waals surface area contributed by atoms with Crippen LogP contribution in [-0.2, 0) is 25.7 Å². The van der Waals surface area contributed by atoms with Crippen molar-refractivity contribution in [1.82, 2.24) is 4.90 Å². The number of ether oxygens (including phenoxy) is 2. The summed E-state index contributed by atoms with van der Waals surface area (Å²) < 4.78 is 11.6. The van der Waals surface area contributed by atoms with Crippen molar-refractivity contribution in [1.29, 1.82) is 0 Å². The molecule has 0 aliphatic carbocycles. The van der Waals surface area contributed by atoms with Gasteiger partial charge in [-0.1, -0.05) is 56.3 Å². The van der Waals surface area contributed by atoms with Crippen molar-refractivity contribution in [3.63, 3.8) is 0 Å². The van der Waals surface area contributed by atoms with Crippen LogP contribution in [-0.4, -0.2) is 41.6 Å². The highest BCUT2D eigenvalue weighted by Gasteiger charge is 2.67. The van der Waals surface area contributed by atoms with E-state index in [1.807, 2.05) is 47.4 Å². The number of fused-ring (bicyclic) bond motifs is 1. The highest BCUT2D eigenvalue weighted by Crippen LogP contribution is 2.52. The lowest BCUT2D eigenvalue weighted by atomic mass is 9.77. The lowest BCUT2D eigenvalue weighted by Crippen LogP contribution is -2.40. The molecule has 5 nitrogen and oxygen atoms in total. The van der Waals surface area contributed by atoms with Gasteiger partial charge in [0.05, 0.1) is 18.6 Å². The molecule has 1 spiro atoms. The van der Waals surface area contributed by atoms with Crippen LogP contribution in [0.3, 0.4) is 0 Å². The van der Waals surface area contributed by atoms with Crippen LogP contribution in [0, 0.1) is 17.8 Å². The summed E-state index contributed by atoms with van der Waals surface area (Å²) >= 11 is 0. The van der Waals surface area contributed by atoms with E-state index < -0.39 is 17.4 Å². The lowest BCUT2D eigenvalue weighted by molar-refractivity contribution is -0.155. The monoisotopic (exact) mass is 341 g/mol. The van der Waals surface area contributed by atoms with Crippen molar-refractivity contribution in [3.8, 4) is 0 Å². The van der Waals surface area contributed by atoms with Gasteiger partial charge in [0.15, 0.2) is 0 Å². The Balaban J connectivity index is 1.50. The second-order valence-electron chi connectivity index (χ2n) is 7.61. The van der Waals surface area contributed by atoms with E-state index in [-0.39, 0.29) is 24.6 Å². The summed E-state index contributed by atoms with van der Waals surface area (Å²) in [6.45, 7) is 5.60. The Hall–Kier alpha value is -2.14. The Morgan fingerprint density at radius 1 is 1.36 bits per heavy atom. The quantitative estimate of drug-likeness (QED) is 0.608. The van der Waals surface area contributed by atoms with E-state index in [1.165, 1.54) is 0 Å². The van der Waals surface area contributed by atoms with Gasteiger partial charge >= 0.3 is 5.97 Å². The maximum atomic E-state index is 12.9. The highest BCUT2D eigenvalue weighted by atomic mass is 16.6. The number of hydrogen-bond donors (Lipinski definition) is 0. The summed E-state index contributed by atoms with van der Waals surface area (Å²) in [5.41, 5.74) is 0.289. The molecule has 0 N–H and O–H groups in total. The predicted octanol–water partition coefficient (Wildman–Crippen LogP) is 2.17. The first-order valence-corrected chi connectivity index (χ1v) is 8.87. The molecule has 0 saturated carbocycles. The number of hydrogen-bond acceptors (Lipinski definition) is 4. The molecule has 1 aromatic rings. The fourth-order valence-corrected chi connectivity index (χ4v) is 4.27. The second kappa shape index (κ2) is 5.99. The summed E-state index contributed by atoms with van der Waals surface area (Å²) in [5.74, 6) is -0.946. The van der Waals surface area contributed by atoms with Crippen molar-refractivity contribution in [2.75, 3.05) is 13.1 Å². The fourth-order valence-electron chi connectivity index (χ4n) is 4.27. The van der Waals surface area contributed by atoms with Gasteiger partial charge in [-0.25, -0.2) is 0 Å². The Labute approximate surface area is 147 Å². The van der Waals surface area contributed by atoms with E-state index in [9.17, 15) is 9.59 Å². The molecule has 1 amide bonds. The van der Waals surface area contributed by atoms with Crippen molar-refractivity contribution >= 4 is 11.9 Å². The van der Waals surface area contributed by atoms with Crippen LogP contribution in [0.25, 0.3) is 0 Å². The van der Waals surface area contributed by atoms with Crippen molar-refractivity contribution in [2.45, 2.75) is 32.2 Å². The zero-order chi connectivity index (χ0) is 17.6. The number of esters is 1. The number of carbonyl (C=O) groups excluding carboxylic acids is 2. The van der Waals surface area contributed by atoms with Gasteiger partial charge < -0.3 is 14.4 Å². The van der Waals surface area contributed by atoms with Crippen LogP contribution in [0.15, 0.2) is 42.5 Å². The van der Waals surface area contributed by atoms with Crippen LogP contribution >= 0.6 is 0 Å². The first kappa shape index (κ1) is 16.3. The first-order valence-electron chi connectivity index (χ1n) is 8.87. The minimum atomic E-state index is -0.646. The van der Waals surface area contributed by atoms with Crippen LogP contribution in [0.5, 0.6) is 0 Å². The lowest BCUT2D eigenvalue weighted by Gasteiger charge is -2.23. The summed E-state index contributed by atoms with van der Waals surface area (Å²) in [6, 6.07) is 9.57. The molecule has 132 valence electrons. The van der Waals surface area contributed by atoms with E-state index in [1.54, 1.807) is 0 Å². The normalized spacial score (nSPS) is 32.5. The van der Waals surface area contributed by atoms with Gasteiger partial charge in [-0.3, -0.25) is 9.59 Å². The summed E-state index contributed by atoms with van der Waals surface area (Å²) in [5, 5.41) is 0. The van der Waals surface area contributed by atoms with Gasteiger partial charge in [-0.2, -0.15) is 0 Å². The molecule has 1 aromatic carbocycles. The van der Waals surface area contributed by atoms with Gasteiger partial charge in [0.1, 0.15) is 18.1 Å². The molecule has 5 heteroatoms. The number of amides is 1. The fraction of sp³-hybridized carbons (Fsp3) is 0.500. The Morgan fingerprint density at radius 3 is 2.84 bits per heavy atom. The third-order valence-corrected chi connectivity index (χ3v) is 5.26. The number of likely N-dealkylation sites (tertiary alicyclic amines) is 1. The van der Waals surface area contributed by atoms with Gasteiger partial charge in [0.2, 0.25) is 5.91 Å². The number of rotatable bonds is 5. The number of nitrogens with zero attached hydrogens (tertiary/aromatic N) is 1. The maximum Gasteiger partial charge on any atom is 0.313 e. The van der Waals surface area contributed by atoms with Crippen LogP contribution in [0.4, 0.5) is 0 Å². The third kappa shape index (κ3) is 2.67. The Morgan fingerprint density at radius 2 is 2.12 bits per heavy atom. The average molecular weight is 341 g/mol. The van der Waals surface area contributed by atoms with Crippen molar-refractivity contribution < 1.29 is 19.1 Å². The van der Waals surface area contributed by atoms with E-state index in [0.29, 0.717) is 19.0 Å². The van der Waals surface area contributed by atoms with Gasteiger partial charge in [-0.05, 0) is 11.5 Å². The summed E-state index contributed by atoms with van der Waals surface area (Å²) in [4.78, 5) is 27.4. The average Bonchev–Trinajstić information content (AvgIpc) is 3.22. The SMILES string of the molecule is CC(C)CN1C[C@]23C=C[C@H](O2)[C@H](C(=O)OCc2ccccc2)[C@@H]3C1=O. The van der Waals surface area contributed by atoms with Crippen LogP contribution in [0.1, 0.15) is 19.4 Å². The smallest absolute Gasteiger partial charge is 0.313 e. The minimum Gasteiger partial charge on any atom is -0.460 e. The van der Waals surface area contributed by atoms with Crippen molar-refractivity contribution in [2.24, 2.45) is 17.8 Å². The summed E-state index contributed by atoms with van der Waals surface area (Å²) in [7, 11) is 0. The van der Waals surface area contributed by atoms with Crippen LogP contribution < -0.4 is 0 Å². The van der Waals surface area contributed by atoms with Gasteiger partial charge in [0, 0.05) is 6.54 Å². The largest absolute Gasteiger partial charge is 0.460 e. The zero-order valence-electron chi connectivity index (χ0n) is 14.6. The molecule has 2 saturated heterocycles. The number of benzene rings is 1. The maximum absolute atomic E-state index is 12.9. The third-order valence-electron chi connectivity index (χ3n) is 5.26. The molecule has 2 fully saturated rings. The molecule has 2 bridgehead atoms. The summed E-state index contributed by atoms with van der Waals surface area (Å²) in [6.07, 6.45) is 3.54. The molecule has 3 aliphatic rings. The standard InChI is InChI=1S/C20H23NO4/c1-13(2)10-21-12-20-9-8-15(25-20)16(17(20)18(21)22)19(23)24-11-14-6-4-3-5-7-14/h3-9,13,15-17H,10-12H2,1-2H3/t15-,16-,17+,20-/m0/s1. The van der Waals surface area contributed by atoms with Crippen molar-refractivity contribution in [3.05, 3.63) is 48.0 Å². The molecule has 3 heterocycles. The van der Waals surface area contributed by atoms with Gasteiger partial charge in [-0.15, -0.1) is 0 Å².